The standard InChI is InChI=1S/CF3NO2S.K.H/c2-1(3,4)5-8(6)7;;/q;+1;-1. The summed E-state index contributed by atoms with van der Waals surface area (Å²) >= 11 is 0. The smallest absolute Gasteiger partial charge is 1.00 e. The van der Waals surface area contributed by atoms with Crippen LogP contribution in [0.15, 0.2) is 4.36 Å². The molecule has 0 spiro atoms. The number of alkyl halides is 3. The average Bonchev–Trinajstić information content (AvgIpc) is 1.21. The van der Waals surface area contributed by atoms with Crippen LogP contribution in [0.2, 0.25) is 0 Å². The van der Waals surface area contributed by atoms with Crippen LogP contribution >= 0.6 is 0 Å². The number of rotatable bonds is 0. The van der Waals surface area contributed by atoms with Crippen LogP contribution in [0.3, 0.4) is 0 Å². The quantitative estimate of drug-likeness (QED) is 0.316. The minimum atomic E-state index is -4.97. The Bertz CT molecular complexity index is 189. The Morgan fingerprint density at radius 2 is 1.67 bits per heavy atom. The van der Waals surface area contributed by atoms with E-state index in [4.69, 9.17) is 8.42 Å². The molecule has 0 saturated carbocycles. The van der Waals surface area contributed by atoms with Gasteiger partial charge in [0.15, 0.2) is 0 Å². The monoisotopic (exact) mass is 187 g/mol. The third kappa shape index (κ3) is 12.3. The maximum Gasteiger partial charge on any atom is 1.00 e. The first kappa shape index (κ1) is 12.7. The van der Waals surface area contributed by atoms with Gasteiger partial charge in [0.25, 0.3) is 0 Å². The van der Waals surface area contributed by atoms with Crippen molar-refractivity contribution in [1.29, 1.82) is 0 Å². The van der Waals surface area contributed by atoms with E-state index in [1.807, 2.05) is 0 Å². The second-order valence-corrected chi connectivity index (χ2v) is 1.39. The van der Waals surface area contributed by atoms with Crippen molar-refractivity contribution in [2.45, 2.75) is 6.30 Å². The van der Waals surface area contributed by atoms with Gasteiger partial charge in [-0.25, -0.2) is 0 Å². The molecular weight excluding hydrogens is 186 g/mol. The molecule has 50 valence electrons. The van der Waals surface area contributed by atoms with Crippen LogP contribution in [0.4, 0.5) is 13.2 Å². The van der Waals surface area contributed by atoms with E-state index in [0.29, 0.717) is 0 Å². The molecule has 0 N–H and O–H groups in total. The van der Waals surface area contributed by atoms with Crippen LogP contribution in [0.25, 0.3) is 0 Å². The van der Waals surface area contributed by atoms with Crippen molar-refractivity contribution in [3.63, 3.8) is 0 Å². The third-order valence-electron chi connectivity index (χ3n) is 0.178. The largest absolute Gasteiger partial charge is 1.00 e. The first-order chi connectivity index (χ1) is 3.42. The fraction of sp³-hybridized carbons (Fsp3) is 1.00. The molecule has 0 fully saturated rings. The maximum atomic E-state index is 10.7. The van der Waals surface area contributed by atoms with Crippen molar-refractivity contribution in [2.24, 2.45) is 4.36 Å². The van der Waals surface area contributed by atoms with Gasteiger partial charge in [0, 0.05) is 0 Å². The molecule has 0 heterocycles. The van der Waals surface area contributed by atoms with Gasteiger partial charge in [-0.05, 0) is 0 Å². The molecule has 0 rings (SSSR count). The second kappa shape index (κ2) is 4.80. The molecule has 8 heteroatoms. The molecule has 0 unspecified atom stereocenters. The van der Waals surface area contributed by atoms with Crippen LogP contribution < -0.4 is 51.4 Å². The molecule has 0 aromatic heterocycles. The minimum Gasteiger partial charge on any atom is -1.00 e. The maximum absolute atomic E-state index is 10.7. The molecule has 0 amide bonds. The first-order valence-corrected chi connectivity index (χ1v) is 2.34. The second-order valence-electron chi connectivity index (χ2n) is 0.776. The van der Waals surface area contributed by atoms with Crippen molar-refractivity contribution in [3.8, 4) is 0 Å². The van der Waals surface area contributed by atoms with Crippen LogP contribution in [0.1, 0.15) is 1.43 Å². The van der Waals surface area contributed by atoms with E-state index >= 15 is 0 Å². The van der Waals surface area contributed by atoms with E-state index in [0.717, 1.165) is 0 Å². The van der Waals surface area contributed by atoms with Crippen LogP contribution in [-0.4, -0.2) is 14.7 Å². The molecule has 0 aliphatic heterocycles. The number of hydrogen-bond acceptors (Lipinski definition) is 3. The fourth-order valence-electron chi connectivity index (χ4n) is 0.0845. The molecule has 9 heavy (non-hydrogen) atoms. The summed E-state index contributed by atoms with van der Waals surface area (Å²) in [4.78, 5) is 0. The van der Waals surface area contributed by atoms with Crippen molar-refractivity contribution in [3.05, 3.63) is 0 Å². The van der Waals surface area contributed by atoms with Crippen LogP contribution in [0, 0.1) is 0 Å². The van der Waals surface area contributed by atoms with Gasteiger partial charge in [-0.1, -0.05) is 4.36 Å². The van der Waals surface area contributed by atoms with E-state index < -0.39 is 16.8 Å². The summed E-state index contributed by atoms with van der Waals surface area (Å²) in [5, 5.41) is 0. The summed E-state index contributed by atoms with van der Waals surface area (Å²) in [7, 11) is -3.39. The molecule has 0 aromatic carbocycles. The predicted molar refractivity (Wildman–Crippen MR) is 18.5 cm³/mol. The van der Waals surface area contributed by atoms with E-state index in [9.17, 15) is 13.2 Å². The minimum absolute atomic E-state index is 0. The van der Waals surface area contributed by atoms with Gasteiger partial charge in [0.05, 0.1) is 0 Å². The predicted octanol–water partition coefficient (Wildman–Crippen LogP) is -2.31. The Labute approximate surface area is 94.2 Å². The molecule has 3 nitrogen and oxygen atoms in total. The van der Waals surface area contributed by atoms with E-state index in [2.05, 4.69) is 0 Å². The van der Waals surface area contributed by atoms with Crippen molar-refractivity contribution in [2.75, 3.05) is 0 Å². The van der Waals surface area contributed by atoms with Crippen LogP contribution in [-0.2, 0) is 10.5 Å². The van der Waals surface area contributed by atoms with Crippen molar-refractivity contribution in [1.82, 2.24) is 0 Å². The Hall–Kier alpha value is 1.05. The van der Waals surface area contributed by atoms with Gasteiger partial charge >= 0.3 is 68.2 Å². The molecule has 0 radical (unpaired) electrons. The Balaban J connectivity index is -0.000000245. The summed E-state index contributed by atoms with van der Waals surface area (Å²) in [5.74, 6) is 0. The van der Waals surface area contributed by atoms with Gasteiger partial charge in [0.1, 0.15) is 0 Å². The van der Waals surface area contributed by atoms with E-state index in [1.165, 1.54) is 4.36 Å². The molecule has 0 saturated heterocycles. The topological polar surface area (TPSA) is 46.5 Å². The van der Waals surface area contributed by atoms with Crippen molar-refractivity contribution < 1.29 is 74.4 Å². The normalized spacial score (nSPS) is 9.67. The molecular formula is CHF3KNO2S. The first-order valence-electron chi connectivity index (χ1n) is 1.31. The SMILES string of the molecule is O=S(=O)=NC(F)(F)F.[H-].[K+]. The number of hydrogen-bond donors (Lipinski definition) is 0. The van der Waals surface area contributed by atoms with Gasteiger partial charge < -0.3 is 1.43 Å². The summed E-state index contributed by atoms with van der Waals surface area (Å²) in [5.41, 5.74) is 0. The Kier molecular flexibility index (Phi) is 6.77. The van der Waals surface area contributed by atoms with E-state index in [1.54, 1.807) is 0 Å². The summed E-state index contributed by atoms with van der Waals surface area (Å²) in [6.07, 6.45) is -4.97. The van der Waals surface area contributed by atoms with Gasteiger partial charge in [-0.3, -0.25) is 0 Å². The molecule has 0 aliphatic rings. The summed E-state index contributed by atoms with van der Waals surface area (Å²) in [6.45, 7) is 0. The van der Waals surface area contributed by atoms with Crippen molar-refractivity contribution >= 4 is 10.5 Å². The molecule has 0 bridgehead atoms. The zero-order valence-corrected chi connectivity index (χ0v) is 8.25. The van der Waals surface area contributed by atoms with Gasteiger partial charge in [-0.15, -0.1) is 13.2 Å². The van der Waals surface area contributed by atoms with E-state index in [-0.39, 0.29) is 52.8 Å². The van der Waals surface area contributed by atoms with Gasteiger partial charge in [-0.2, -0.15) is 8.42 Å². The zero-order chi connectivity index (χ0) is 6.78. The molecule has 0 atom stereocenters. The molecule has 0 aliphatic carbocycles. The third-order valence-corrected chi connectivity index (χ3v) is 0.534. The Morgan fingerprint density at radius 1 is 1.33 bits per heavy atom. The molecule has 0 aromatic rings. The fourth-order valence-corrected chi connectivity index (χ4v) is 0.254. The summed E-state index contributed by atoms with van der Waals surface area (Å²) in [6, 6.07) is 0. The Morgan fingerprint density at radius 3 is 1.67 bits per heavy atom. The number of nitrogens with zero attached hydrogens (tertiary/aromatic N) is 1. The zero-order valence-electron chi connectivity index (χ0n) is 5.31. The summed E-state index contributed by atoms with van der Waals surface area (Å²) < 4.78 is 51.8. The van der Waals surface area contributed by atoms with Gasteiger partial charge in [0.2, 0.25) is 0 Å². The average molecular weight is 187 g/mol. The number of halogens is 3. The van der Waals surface area contributed by atoms with Crippen LogP contribution in [0.5, 0.6) is 0 Å².